The highest BCUT2D eigenvalue weighted by molar-refractivity contribution is 9.10. The van der Waals surface area contributed by atoms with Gasteiger partial charge in [0.05, 0.1) is 22.4 Å². The smallest absolute Gasteiger partial charge is 0.159 e. The fourth-order valence-electron chi connectivity index (χ4n) is 2.05. The van der Waals surface area contributed by atoms with Gasteiger partial charge in [-0.25, -0.2) is 8.78 Å². The van der Waals surface area contributed by atoms with Crippen molar-refractivity contribution in [2.75, 3.05) is 7.05 Å². The summed E-state index contributed by atoms with van der Waals surface area (Å²) < 4.78 is 28.8. The number of hydrogen-bond donors (Lipinski definition) is 1. The van der Waals surface area contributed by atoms with Gasteiger partial charge in [-0.05, 0) is 47.1 Å². The molecule has 1 N–H and O–H groups in total. The first-order valence-electron chi connectivity index (χ1n) is 5.81. The molecule has 2 rings (SSSR count). The van der Waals surface area contributed by atoms with Crippen molar-refractivity contribution >= 4 is 15.9 Å². The molecule has 0 saturated heterocycles. The molecule has 0 spiro atoms. The third-order valence-electron chi connectivity index (χ3n) is 3.04. The monoisotopic (exact) mass is 329 g/mol. The Kier molecular flexibility index (Phi) is 4.31. The van der Waals surface area contributed by atoms with Crippen LogP contribution in [0.5, 0.6) is 0 Å². The van der Waals surface area contributed by atoms with Gasteiger partial charge in [-0.1, -0.05) is 6.07 Å². The Morgan fingerprint density at radius 3 is 2.63 bits per heavy atom. The Bertz CT molecular complexity index is 564. The maximum absolute atomic E-state index is 13.2. The number of aromatic nitrogens is 2. The van der Waals surface area contributed by atoms with Crippen molar-refractivity contribution in [3.05, 3.63) is 51.8 Å². The third-order valence-corrected chi connectivity index (χ3v) is 3.65. The number of hydrogen-bond acceptors (Lipinski definition) is 2. The predicted octanol–water partition coefficient (Wildman–Crippen LogP) is 2.96. The molecule has 0 amide bonds. The SMILES string of the molecule is CNC(Cc1ccc(F)c(F)c1)c1c(Br)cnn1C. The first-order valence-corrected chi connectivity index (χ1v) is 6.60. The van der Waals surface area contributed by atoms with Gasteiger partial charge in [0.2, 0.25) is 0 Å². The average Bonchev–Trinajstić information content (AvgIpc) is 2.71. The molecule has 0 saturated carbocycles. The van der Waals surface area contributed by atoms with Crippen LogP contribution in [0.4, 0.5) is 8.78 Å². The van der Waals surface area contributed by atoms with E-state index >= 15 is 0 Å². The van der Waals surface area contributed by atoms with E-state index in [-0.39, 0.29) is 6.04 Å². The maximum Gasteiger partial charge on any atom is 0.159 e. The second-order valence-corrected chi connectivity index (χ2v) is 5.15. The van der Waals surface area contributed by atoms with Gasteiger partial charge in [-0.15, -0.1) is 0 Å². The minimum atomic E-state index is -0.827. The van der Waals surface area contributed by atoms with Crippen molar-refractivity contribution < 1.29 is 8.78 Å². The molecule has 0 aliphatic heterocycles. The molecule has 0 radical (unpaired) electrons. The number of benzene rings is 1. The summed E-state index contributed by atoms with van der Waals surface area (Å²) in [5.74, 6) is -1.65. The second kappa shape index (κ2) is 5.79. The zero-order valence-corrected chi connectivity index (χ0v) is 12.2. The lowest BCUT2D eigenvalue weighted by molar-refractivity contribution is 0.501. The van der Waals surface area contributed by atoms with E-state index in [0.717, 1.165) is 21.8 Å². The number of halogens is 3. The number of rotatable bonds is 4. The molecule has 0 aliphatic carbocycles. The van der Waals surface area contributed by atoms with Crippen LogP contribution in [0.1, 0.15) is 17.3 Å². The first kappa shape index (κ1) is 14.1. The minimum absolute atomic E-state index is 0.0354. The highest BCUT2D eigenvalue weighted by Gasteiger charge is 2.18. The molecule has 6 heteroatoms. The molecule has 0 aliphatic rings. The van der Waals surface area contributed by atoms with E-state index in [4.69, 9.17) is 0 Å². The van der Waals surface area contributed by atoms with E-state index in [9.17, 15) is 8.78 Å². The molecular formula is C13H14BrF2N3. The van der Waals surface area contributed by atoms with Crippen molar-refractivity contribution in [3.8, 4) is 0 Å². The molecule has 1 aromatic carbocycles. The number of nitrogens with zero attached hydrogens (tertiary/aromatic N) is 2. The van der Waals surface area contributed by atoms with Crippen molar-refractivity contribution in [2.45, 2.75) is 12.5 Å². The molecule has 1 unspecified atom stereocenters. The maximum atomic E-state index is 13.2. The highest BCUT2D eigenvalue weighted by atomic mass is 79.9. The Morgan fingerprint density at radius 1 is 1.37 bits per heavy atom. The first-order chi connectivity index (χ1) is 9.02. The van der Waals surface area contributed by atoms with E-state index in [1.54, 1.807) is 16.9 Å². The van der Waals surface area contributed by atoms with E-state index < -0.39 is 11.6 Å². The summed E-state index contributed by atoms with van der Waals surface area (Å²) in [5, 5.41) is 7.32. The van der Waals surface area contributed by atoms with Crippen LogP contribution in [0.15, 0.2) is 28.9 Å². The van der Waals surface area contributed by atoms with E-state index in [1.807, 2.05) is 14.1 Å². The normalized spacial score (nSPS) is 12.7. The Morgan fingerprint density at radius 2 is 2.11 bits per heavy atom. The summed E-state index contributed by atoms with van der Waals surface area (Å²) in [7, 11) is 3.67. The van der Waals surface area contributed by atoms with Gasteiger partial charge in [-0.3, -0.25) is 4.68 Å². The minimum Gasteiger partial charge on any atom is -0.311 e. The van der Waals surface area contributed by atoms with E-state index in [2.05, 4.69) is 26.3 Å². The van der Waals surface area contributed by atoms with Crippen LogP contribution < -0.4 is 5.32 Å². The van der Waals surface area contributed by atoms with E-state index in [1.165, 1.54) is 6.07 Å². The quantitative estimate of drug-likeness (QED) is 0.934. The zero-order valence-electron chi connectivity index (χ0n) is 10.6. The molecule has 1 heterocycles. The molecule has 3 nitrogen and oxygen atoms in total. The van der Waals surface area contributed by atoms with Crippen molar-refractivity contribution in [1.29, 1.82) is 0 Å². The molecule has 0 fully saturated rings. The molecule has 1 aromatic heterocycles. The molecule has 1 atom stereocenters. The van der Waals surface area contributed by atoms with E-state index in [0.29, 0.717) is 6.42 Å². The number of aryl methyl sites for hydroxylation is 1. The lowest BCUT2D eigenvalue weighted by Crippen LogP contribution is -2.22. The van der Waals surface area contributed by atoms with Crippen molar-refractivity contribution in [1.82, 2.24) is 15.1 Å². The topological polar surface area (TPSA) is 29.9 Å². The van der Waals surface area contributed by atoms with Crippen LogP contribution in [0.3, 0.4) is 0 Å². The lowest BCUT2D eigenvalue weighted by Gasteiger charge is -2.17. The molecular weight excluding hydrogens is 316 g/mol. The van der Waals surface area contributed by atoms with Crippen LogP contribution in [-0.2, 0) is 13.5 Å². The van der Waals surface area contributed by atoms with Crippen LogP contribution >= 0.6 is 15.9 Å². The highest BCUT2D eigenvalue weighted by Crippen LogP contribution is 2.25. The predicted molar refractivity (Wildman–Crippen MR) is 72.8 cm³/mol. The van der Waals surface area contributed by atoms with Gasteiger partial charge in [0, 0.05) is 7.05 Å². The molecule has 2 aromatic rings. The summed E-state index contributed by atoms with van der Waals surface area (Å²) in [6, 6.07) is 3.93. The van der Waals surface area contributed by atoms with Gasteiger partial charge >= 0.3 is 0 Å². The van der Waals surface area contributed by atoms with Crippen LogP contribution in [0.25, 0.3) is 0 Å². The third kappa shape index (κ3) is 3.01. The Hall–Kier alpha value is -1.27. The lowest BCUT2D eigenvalue weighted by atomic mass is 10.0. The fraction of sp³-hybridized carbons (Fsp3) is 0.308. The van der Waals surface area contributed by atoms with Crippen molar-refractivity contribution in [3.63, 3.8) is 0 Å². The van der Waals surface area contributed by atoms with Gasteiger partial charge in [-0.2, -0.15) is 5.10 Å². The number of likely N-dealkylation sites (N-methyl/N-ethyl adjacent to an activating group) is 1. The molecule has 19 heavy (non-hydrogen) atoms. The Labute approximate surface area is 118 Å². The van der Waals surface area contributed by atoms with Crippen LogP contribution in [0, 0.1) is 11.6 Å². The zero-order chi connectivity index (χ0) is 14.0. The summed E-state index contributed by atoms with van der Waals surface area (Å²) in [4.78, 5) is 0. The van der Waals surface area contributed by atoms with Crippen LogP contribution in [-0.4, -0.2) is 16.8 Å². The van der Waals surface area contributed by atoms with Gasteiger partial charge in [0.15, 0.2) is 11.6 Å². The molecule has 102 valence electrons. The van der Waals surface area contributed by atoms with Gasteiger partial charge < -0.3 is 5.32 Å². The Balaban J connectivity index is 2.26. The standard InChI is InChI=1S/C13H14BrF2N3/c1-17-12(13-9(14)7-18-19(13)2)6-8-3-4-10(15)11(16)5-8/h3-5,7,12,17H,6H2,1-2H3. The summed E-state index contributed by atoms with van der Waals surface area (Å²) >= 11 is 3.44. The second-order valence-electron chi connectivity index (χ2n) is 4.30. The molecule has 0 bridgehead atoms. The van der Waals surface area contributed by atoms with Crippen molar-refractivity contribution in [2.24, 2.45) is 7.05 Å². The van der Waals surface area contributed by atoms with Gasteiger partial charge in [0.1, 0.15) is 0 Å². The summed E-state index contributed by atoms with van der Waals surface area (Å²) in [6.45, 7) is 0. The largest absolute Gasteiger partial charge is 0.311 e. The summed E-state index contributed by atoms with van der Waals surface area (Å²) in [6.07, 6.45) is 2.26. The average molecular weight is 330 g/mol. The summed E-state index contributed by atoms with van der Waals surface area (Å²) in [5.41, 5.74) is 1.69. The van der Waals surface area contributed by atoms with Crippen LogP contribution in [0.2, 0.25) is 0 Å². The number of nitrogens with one attached hydrogen (secondary N) is 1. The van der Waals surface area contributed by atoms with Gasteiger partial charge in [0.25, 0.3) is 0 Å². The fourth-order valence-corrected chi connectivity index (χ4v) is 2.67.